The number of halogens is 1. The second-order valence-corrected chi connectivity index (χ2v) is 3.77. The second kappa shape index (κ2) is 4.43. The summed E-state index contributed by atoms with van der Waals surface area (Å²) >= 11 is 5.87. The number of nitrogens with one attached hydrogen (secondary N) is 1. The van der Waals surface area contributed by atoms with E-state index in [1.807, 2.05) is 0 Å². The summed E-state index contributed by atoms with van der Waals surface area (Å²) in [5.41, 5.74) is -0.168. The number of carbonyl (C=O) groups excluding carboxylic acids is 1. The molecule has 1 aromatic carbocycles. The third-order valence-electron chi connectivity index (χ3n) is 2.36. The smallest absolute Gasteiger partial charge is 0.263 e. The van der Waals surface area contributed by atoms with Gasteiger partial charge in [-0.05, 0) is 5.56 Å². The Balaban J connectivity index is 2.79. The maximum absolute atomic E-state index is 11.3. The number of aromatic nitrogens is 1. The topological polar surface area (TPSA) is 70.2 Å². The molecule has 0 atom stereocenters. The third-order valence-corrected chi connectivity index (χ3v) is 2.64. The number of aromatic amines is 1. The minimum Gasteiger partial charge on any atom is -0.506 e. The van der Waals surface area contributed by atoms with Crippen LogP contribution < -0.4 is 5.56 Å². The molecule has 0 aliphatic carbocycles. The summed E-state index contributed by atoms with van der Waals surface area (Å²) in [6.45, 7) is 0. The molecule has 0 saturated carbocycles. The molecule has 0 fully saturated rings. The Morgan fingerprint density at radius 3 is 2.47 bits per heavy atom. The summed E-state index contributed by atoms with van der Waals surface area (Å²) in [5, 5.41) is 9.87. The Kier molecular flexibility index (Phi) is 2.97. The van der Waals surface area contributed by atoms with E-state index in [1.165, 1.54) is 0 Å². The van der Waals surface area contributed by atoms with Gasteiger partial charge < -0.3 is 10.1 Å². The van der Waals surface area contributed by atoms with Crippen LogP contribution >= 0.6 is 11.6 Å². The number of benzene rings is 1. The van der Waals surface area contributed by atoms with Gasteiger partial charge in [0.2, 0.25) is 0 Å². The molecule has 0 unspecified atom stereocenters. The van der Waals surface area contributed by atoms with Crippen molar-refractivity contribution in [3.05, 3.63) is 51.4 Å². The lowest BCUT2D eigenvalue weighted by Crippen LogP contribution is -2.13. The Morgan fingerprint density at radius 1 is 1.24 bits per heavy atom. The number of aldehydes is 1. The lowest BCUT2D eigenvalue weighted by molar-refractivity contribution is 0.111. The van der Waals surface area contributed by atoms with Crippen molar-refractivity contribution in [3.63, 3.8) is 0 Å². The van der Waals surface area contributed by atoms with Crippen LogP contribution in [0, 0.1) is 0 Å². The number of H-pyrrole nitrogens is 1. The standard InChI is InChI=1S/C12H8ClNO3/c13-11-9(7-4-2-1-3-5-7)10(16)8(6-15)12(17)14-11/h1-6H,(H2,14,16,17). The number of rotatable bonds is 2. The molecular weight excluding hydrogens is 242 g/mol. The molecule has 0 radical (unpaired) electrons. The summed E-state index contributed by atoms with van der Waals surface area (Å²) in [6.07, 6.45) is 0.303. The largest absolute Gasteiger partial charge is 0.506 e. The van der Waals surface area contributed by atoms with E-state index in [9.17, 15) is 14.7 Å². The molecule has 1 aromatic heterocycles. The van der Waals surface area contributed by atoms with Crippen LogP contribution in [0.2, 0.25) is 5.15 Å². The Bertz CT molecular complexity index is 620. The van der Waals surface area contributed by atoms with Crippen LogP contribution in [-0.4, -0.2) is 16.4 Å². The quantitative estimate of drug-likeness (QED) is 0.633. The predicted octanol–water partition coefficient (Wildman–Crippen LogP) is 2.21. The monoisotopic (exact) mass is 249 g/mol. The number of aromatic hydroxyl groups is 1. The maximum atomic E-state index is 11.3. The van der Waals surface area contributed by atoms with E-state index in [2.05, 4.69) is 4.98 Å². The highest BCUT2D eigenvalue weighted by atomic mass is 35.5. The van der Waals surface area contributed by atoms with Crippen LogP contribution in [0.1, 0.15) is 10.4 Å². The highest BCUT2D eigenvalue weighted by Gasteiger charge is 2.16. The zero-order valence-electron chi connectivity index (χ0n) is 8.61. The number of carbonyl (C=O) groups is 1. The van der Waals surface area contributed by atoms with Gasteiger partial charge in [-0.3, -0.25) is 9.59 Å². The molecule has 2 aromatic rings. The molecule has 4 nitrogen and oxygen atoms in total. The van der Waals surface area contributed by atoms with E-state index >= 15 is 0 Å². The van der Waals surface area contributed by atoms with Gasteiger partial charge in [0.25, 0.3) is 5.56 Å². The van der Waals surface area contributed by atoms with Gasteiger partial charge in [0.15, 0.2) is 6.29 Å². The Morgan fingerprint density at radius 2 is 1.88 bits per heavy atom. The second-order valence-electron chi connectivity index (χ2n) is 3.39. The van der Waals surface area contributed by atoms with E-state index in [0.717, 1.165) is 0 Å². The van der Waals surface area contributed by atoms with Crippen molar-refractivity contribution in [1.82, 2.24) is 4.98 Å². The normalized spacial score (nSPS) is 10.2. The summed E-state index contributed by atoms with van der Waals surface area (Å²) < 4.78 is 0. The average molecular weight is 250 g/mol. The van der Waals surface area contributed by atoms with Gasteiger partial charge in [0, 0.05) is 0 Å². The minimum atomic E-state index is -0.706. The van der Waals surface area contributed by atoms with Crippen molar-refractivity contribution in [1.29, 1.82) is 0 Å². The molecule has 1 heterocycles. The zero-order chi connectivity index (χ0) is 12.4. The first-order chi connectivity index (χ1) is 8.15. The third kappa shape index (κ3) is 1.94. The zero-order valence-corrected chi connectivity index (χ0v) is 9.36. The number of hydrogen-bond donors (Lipinski definition) is 2. The molecule has 86 valence electrons. The summed E-state index contributed by atoms with van der Waals surface area (Å²) in [5.74, 6) is -0.403. The fourth-order valence-corrected chi connectivity index (χ4v) is 1.84. The lowest BCUT2D eigenvalue weighted by atomic mass is 10.0. The highest BCUT2D eigenvalue weighted by molar-refractivity contribution is 6.32. The van der Waals surface area contributed by atoms with Crippen molar-refractivity contribution in [2.45, 2.75) is 0 Å². The number of pyridine rings is 1. The van der Waals surface area contributed by atoms with Crippen LogP contribution in [0.4, 0.5) is 0 Å². The molecule has 0 saturated heterocycles. The molecule has 0 aliphatic rings. The van der Waals surface area contributed by atoms with E-state index < -0.39 is 11.3 Å². The summed E-state index contributed by atoms with van der Waals surface area (Å²) in [4.78, 5) is 24.4. The first kappa shape index (κ1) is 11.4. The fourth-order valence-electron chi connectivity index (χ4n) is 1.55. The van der Waals surface area contributed by atoms with Crippen molar-refractivity contribution in [3.8, 4) is 16.9 Å². The molecule has 0 aliphatic heterocycles. The first-order valence-corrected chi connectivity index (χ1v) is 5.18. The molecule has 2 N–H and O–H groups in total. The maximum Gasteiger partial charge on any atom is 0.263 e. The van der Waals surface area contributed by atoms with Crippen LogP contribution in [-0.2, 0) is 0 Å². The molecule has 5 heteroatoms. The number of hydrogen-bond acceptors (Lipinski definition) is 3. The van der Waals surface area contributed by atoms with Crippen molar-refractivity contribution in [2.24, 2.45) is 0 Å². The summed E-state index contributed by atoms with van der Waals surface area (Å²) in [7, 11) is 0. The minimum absolute atomic E-state index is 0.00398. The highest BCUT2D eigenvalue weighted by Crippen LogP contribution is 2.34. The molecule has 2 rings (SSSR count). The van der Waals surface area contributed by atoms with Crippen LogP contribution in [0.25, 0.3) is 11.1 Å². The summed E-state index contributed by atoms with van der Waals surface area (Å²) in [6, 6.07) is 8.76. The Hall–Kier alpha value is -2.07. The van der Waals surface area contributed by atoms with Crippen LogP contribution in [0.5, 0.6) is 5.75 Å². The van der Waals surface area contributed by atoms with Crippen molar-refractivity contribution < 1.29 is 9.90 Å². The molecular formula is C12H8ClNO3. The SMILES string of the molecule is O=Cc1c(O)c(-c2ccccc2)c(Cl)[nH]c1=O. The van der Waals surface area contributed by atoms with Crippen LogP contribution in [0.15, 0.2) is 35.1 Å². The van der Waals surface area contributed by atoms with E-state index in [-0.39, 0.29) is 16.3 Å². The average Bonchev–Trinajstić information content (AvgIpc) is 2.30. The van der Waals surface area contributed by atoms with Gasteiger partial charge in [-0.1, -0.05) is 41.9 Å². The van der Waals surface area contributed by atoms with E-state index in [0.29, 0.717) is 11.8 Å². The van der Waals surface area contributed by atoms with E-state index in [1.54, 1.807) is 30.3 Å². The Labute approximate surface area is 101 Å². The lowest BCUT2D eigenvalue weighted by Gasteiger charge is -2.08. The van der Waals surface area contributed by atoms with Gasteiger partial charge in [-0.2, -0.15) is 0 Å². The van der Waals surface area contributed by atoms with Gasteiger partial charge in [0.05, 0.1) is 5.56 Å². The van der Waals surface area contributed by atoms with Gasteiger partial charge >= 0.3 is 0 Å². The van der Waals surface area contributed by atoms with Gasteiger partial charge in [-0.25, -0.2) is 0 Å². The molecule has 0 amide bonds. The molecule has 0 bridgehead atoms. The van der Waals surface area contributed by atoms with Gasteiger partial charge in [-0.15, -0.1) is 0 Å². The predicted molar refractivity (Wildman–Crippen MR) is 64.6 cm³/mol. The van der Waals surface area contributed by atoms with Crippen LogP contribution in [0.3, 0.4) is 0 Å². The van der Waals surface area contributed by atoms with E-state index in [4.69, 9.17) is 11.6 Å². The van der Waals surface area contributed by atoms with Crippen molar-refractivity contribution >= 4 is 17.9 Å². The molecule has 17 heavy (non-hydrogen) atoms. The fraction of sp³-hybridized carbons (Fsp3) is 0. The van der Waals surface area contributed by atoms with Crippen molar-refractivity contribution in [2.75, 3.05) is 0 Å². The molecule has 0 spiro atoms. The van der Waals surface area contributed by atoms with Gasteiger partial charge in [0.1, 0.15) is 16.5 Å². The first-order valence-electron chi connectivity index (χ1n) is 4.80.